The molecular formula is C12H18Cl2IN3O2S. The Balaban J connectivity index is 0.00000400. The van der Waals surface area contributed by atoms with Crippen molar-refractivity contribution in [2.45, 2.75) is 13.0 Å². The van der Waals surface area contributed by atoms with Crippen molar-refractivity contribution < 1.29 is 8.42 Å². The molecule has 0 amide bonds. The molecule has 0 spiro atoms. The predicted octanol–water partition coefficient (Wildman–Crippen LogP) is 2.62. The molecule has 0 radical (unpaired) electrons. The first-order chi connectivity index (χ1) is 9.19. The molecular weight excluding hydrogens is 448 g/mol. The maximum Gasteiger partial charge on any atom is 0.189 e. The van der Waals surface area contributed by atoms with Crippen LogP contribution in [0.15, 0.2) is 23.2 Å². The Labute approximate surface area is 152 Å². The average Bonchev–Trinajstić information content (AvgIpc) is 2.26. The highest BCUT2D eigenvalue weighted by Crippen LogP contribution is 2.25. The Bertz CT molecular complexity index is 609. The van der Waals surface area contributed by atoms with Gasteiger partial charge in [0.1, 0.15) is 9.84 Å². The topological polar surface area (TPSA) is 84.5 Å². The maximum absolute atomic E-state index is 11.0. The molecule has 0 aliphatic heterocycles. The van der Waals surface area contributed by atoms with Crippen molar-refractivity contribution in [2.24, 2.45) is 10.7 Å². The van der Waals surface area contributed by atoms with E-state index in [9.17, 15) is 8.42 Å². The van der Waals surface area contributed by atoms with Gasteiger partial charge in [-0.15, -0.1) is 24.0 Å². The fourth-order valence-electron chi connectivity index (χ4n) is 1.53. The van der Waals surface area contributed by atoms with E-state index >= 15 is 0 Å². The van der Waals surface area contributed by atoms with E-state index in [1.54, 1.807) is 18.2 Å². The van der Waals surface area contributed by atoms with Crippen molar-refractivity contribution in [1.29, 1.82) is 0 Å². The fourth-order valence-corrected chi connectivity index (χ4v) is 2.52. The van der Waals surface area contributed by atoms with Gasteiger partial charge in [0.15, 0.2) is 5.96 Å². The first kappa shape index (κ1) is 20.8. The van der Waals surface area contributed by atoms with Crippen LogP contribution in [0.2, 0.25) is 10.0 Å². The summed E-state index contributed by atoms with van der Waals surface area (Å²) < 4.78 is 21.9. The summed E-state index contributed by atoms with van der Waals surface area (Å²) in [5.41, 5.74) is 6.53. The van der Waals surface area contributed by atoms with Crippen LogP contribution in [-0.4, -0.2) is 32.9 Å². The average molecular weight is 466 g/mol. The highest BCUT2D eigenvalue weighted by molar-refractivity contribution is 14.0. The first-order valence-corrected chi connectivity index (χ1v) is 8.70. The van der Waals surface area contributed by atoms with Crippen LogP contribution in [0.4, 0.5) is 0 Å². The smallest absolute Gasteiger partial charge is 0.189 e. The SMILES string of the molecule is CC(NC(N)=NCCS(C)(=O)=O)c1ccc(Cl)cc1Cl.I. The summed E-state index contributed by atoms with van der Waals surface area (Å²) in [6.07, 6.45) is 1.16. The zero-order chi connectivity index (χ0) is 15.3. The number of benzene rings is 1. The van der Waals surface area contributed by atoms with Crippen LogP contribution in [0.3, 0.4) is 0 Å². The van der Waals surface area contributed by atoms with Crippen molar-refractivity contribution >= 4 is 63.0 Å². The Morgan fingerprint density at radius 3 is 2.57 bits per heavy atom. The number of nitrogens with two attached hydrogens (primary N) is 1. The van der Waals surface area contributed by atoms with E-state index < -0.39 is 9.84 Å². The van der Waals surface area contributed by atoms with Crippen LogP contribution in [-0.2, 0) is 9.84 Å². The second kappa shape index (κ2) is 9.02. The molecule has 5 nitrogen and oxygen atoms in total. The van der Waals surface area contributed by atoms with E-state index in [-0.39, 0.29) is 48.3 Å². The molecule has 1 unspecified atom stereocenters. The standard InChI is InChI=1S/C12H17Cl2N3O2S.HI/c1-8(10-4-3-9(13)7-11(10)14)17-12(15)16-5-6-20(2,18)19;/h3-4,7-8H,5-6H2,1-2H3,(H3,15,16,17);1H. The highest BCUT2D eigenvalue weighted by atomic mass is 127. The van der Waals surface area contributed by atoms with Gasteiger partial charge in [0.25, 0.3) is 0 Å². The minimum atomic E-state index is -3.04. The lowest BCUT2D eigenvalue weighted by atomic mass is 10.1. The number of rotatable bonds is 5. The van der Waals surface area contributed by atoms with Crippen molar-refractivity contribution in [3.05, 3.63) is 33.8 Å². The van der Waals surface area contributed by atoms with Crippen LogP contribution < -0.4 is 11.1 Å². The molecule has 1 atom stereocenters. The van der Waals surface area contributed by atoms with Gasteiger partial charge in [-0.05, 0) is 24.6 Å². The van der Waals surface area contributed by atoms with E-state index in [2.05, 4.69) is 10.3 Å². The number of nitrogens with zero attached hydrogens (tertiary/aromatic N) is 1. The molecule has 0 saturated carbocycles. The lowest BCUT2D eigenvalue weighted by Gasteiger charge is -2.16. The molecule has 0 aromatic heterocycles. The minimum absolute atomic E-state index is 0. The van der Waals surface area contributed by atoms with Crippen LogP contribution in [0.25, 0.3) is 0 Å². The van der Waals surface area contributed by atoms with Gasteiger partial charge < -0.3 is 11.1 Å². The van der Waals surface area contributed by atoms with Gasteiger partial charge in [-0.2, -0.15) is 0 Å². The van der Waals surface area contributed by atoms with Crippen molar-refractivity contribution in [3.8, 4) is 0 Å². The largest absolute Gasteiger partial charge is 0.370 e. The molecule has 0 aliphatic rings. The normalized spacial score (nSPS) is 13.4. The van der Waals surface area contributed by atoms with E-state index in [1.165, 1.54) is 0 Å². The Kier molecular flexibility index (Phi) is 8.91. The summed E-state index contributed by atoms with van der Waals surface area (Å²) in [7, 11) is -3.04. The predicted molar refractivity (Wildman–Crippen MR) is 99.6 cm³/mol. The van der Waals surface area contributed by atoms with Gasteiger partial charge >= 0.3 is 0 Å². The molecule has 0 aliphatic carbocycles. The zero-order valence-electron chi connectivity index (χ0n) is 11.6. The third kappa shape index (κ3) is 8.08. The zero-order valence-corrected chi connectivity index (χ0v) is 16.3. The number of nitrogens with one attached hydrogen (secondary N) is 1. The number of hydrogen-bond acceptors (Lipinski definition) is 3. The highest BCUT2D eigenvalue weighted by Gasteiger charge is 2.10. The molecule has 9 heteroatoms. The number of aliphatic imine (C=N–C) groups is 1. The summed E-state index contributed by atoms with van der Waals surface area (Å²) in [5.74, 6) is 0.137. The van der Waals surface area contributed by atoms with Gasteiger partial charge in [0, 0.05) is 16.3 Å². The first-order valence-electron chi connectivity index (χ1n) is 5.88. The van der Waals surface area contributed by atoms with Crippen LogP contribution >= 0.6 is 47.2 Å². The third-order valence-electron chi connectivity index (χ3n) is 2.54. The second-order valence-electron chi connectivity index (χ2n) is 4.43. The van der Waals surface area contributed by atoms with Gasteiger partial charge in [-0.3, -0.25) is 4.99 Å². The monoisotopic (exact) mass is 465 g/mol. The van der Waals surface area contributed by atoms with E-state index in [0.717, 1.165) is 11.8 Å². The minimum Gasteiger partial charge on any atom is -0.370 e. The van der Waals surface area contributed by atoms with E-state index in [0.29, 0.717) is 10.0 Å². The Morgan fingerprint density at radius 2 is 2.05 bits per heavy atom. The van der Waals surface area contributed by atoms with Gasteiger partial charge in [0.2, 0.25) is 0 Å². The van der Waals surface area contributed by atoms with Crippen LogP contribution in [0.5, 0.6) is 0 Å². The van der Waals surface area contributed by atoms with Crippen LogP contribution in [0, 0.1) is 0 Å². The summed E-state index contributed by atoms with van der Waals surface area (Å²) in [6.45, 7) is 1.99. The molecule has 1 rings (SSSR count). The molecule has 0 heterocycles. The lowest BCUT2D eigenvalue weighted by molar-refractivity contribution is 0.601. The molecule has 3 N–H and O–H groups in total. The summed E-state index contributed by atoms with van der Waals surface area (Å²) >= 11 is 11.9. The molecule has 1 aromatic rings. The van der Waals surface area contributed by atoms with E-state index in [4.69, 9.17) is 28.9 Å². The number of halogens is 3. The summed E-state index contributed by atoms with van der Waals surface area (Å²) in [4.78, 5) is 3.96. The number of guanidine groups is 1. The summed E-state index contributed by atoms with van der Waals surface area (Å²) in [5, 5.41) is 4.03. The molecule has 0 bridgehead atoms. The van der Waals surface area contributed by atoms with Crippen molar-refractivity contribution in [2.75, 3.05) is 18.6 Å². The number of hydrogen-bond donors (Lipinski definition) is 2. The fraction of sp³-hybridized carbons (Fsp3) is 0.417. The molecule has 120 valence electrons. The Morgan fingerprint density at radius 1 is 1.43 bits per heavy atom. The third-order valence-corrected chi connectivity index (χ3v) is 4.02. The van der Waals surface area contributed by atoms with Gasteiger partial charge in [-0.1, -0.05) is 29.3 Å². The molecule has 0 fully saturated rings. The second-order valence-corrected chi connectivity index (χ2v) is 7.53. The van der Waals surface area contributed by atoms with Gasteiger partial charge in [-0.25, -0.2) is 8.42 Å². The molecule has 1 aromatic carbocycles. The number of sulfone groups is 1. The van der Waals surface area contributed by atoms with Crippen molar-refractivity contribution in [1.82, 2.24) is 5.32 Å². The lowest BCUT2D eigenvalue weighted by Crippen LogP contribution is -2.34. The quantitative estimate of drug-likeness (QED) is 0.397. The van der Waals surface area contributed by atoms with Crippen molar-refractivity contribution in [3.63, 3.8) is 0 Å². The van der Waals surface area contributed by atoms with E-state index in [1.807, 2.05) is 6.92 Å². The maximum atomic E-state index is 11.0. The van der Waals surface area contributed by atoms with Gasteiger partial charge in [0.05, 0.1) is 18.3 Å². The Hall–Kier alpha value is -0.250. The van der Waals surface area contributed by atoms with Crippen LogP contribution in [0.1, 0.15) is 18.5 Å². The molecule has 21 heavy (non-hydrogen) atoms. The summed E-state index contributed by atoms with van der Waals surface area (Å²) in [6, 6.07) is 5.01. The molecule has 0 saturated heterocycles.